The molecule has 0 bridgehead atoms. The quantitative estimate of drug-likeness (QED) is 0.362. The van der Waals surface area contributed by atoms with Crippen LogP contribution in [0.4, 0.5) is 0 Å². The van der Waals surface area contributed by atoms with Crippen molar-refractivity contribution in [3.05, 3.63) is 89.1 Å². The first-order valence-corrected chi connectivity index (χ1v) is 10.8. The molecule has 0 saturated heterocycles. The summed E-state index contributed by atoms with van der Waals surface area (Å²) in [6.07, 6.45) is 4.77. The average Bonchev–Trinajstić information content (AvgIpc) is 3.44. The summed E-state index contributed by atoms with van der Waals surface area (Å²) in [5.41, 5.74) is 3.61. The molecule has 33 heavy (non-hydrogen) atoms. The van der Waals surface area contributed by atoms with Crippen LogP contribution in [0.25, 0.3) is 28.1 Å². The summed E-state index contributed by atoms with van der Waals surface area (Å²) in [4.78, 5) is 17.9. The van der Waals surface area contributed by atoms with Crippen LogP contribution in [0.3, 0.4) is 0 Å². The van der Waals surface area contributed by atoms with Crippen molar-refractivity contribution in [3.63, 3.8) is 0 Å². The van der Waals surface area contributed by atoms with Crippen LogP contribution < -0.4 is 10.2 Å². The number of rotatable bonds is 7. The molecule has 0 N–H and O–H groups in total. The highest BCUT2D eigenvalue weighted by Crippen LogP contribution is 2.20. The van der Waals surface area contributed by atoms with Gasteiger partial charge in [-0.25, -0.2) is 9.67 Å². The standard InChI is InChI=1S/C25H24N6O2/c1-29-17-22(33-16-8-13-23-27-19-11-6-7-12-20(19)30(23)2)25(32)24(28-29)21-14-15-26-31(21)18-9-4-3-5-10-18/h3-7,9-12,14-15,17H,8,13,16H2,1-2H3. The number of imidazole rings is 1. The van der Waals surface area contributed by atoms with E-state index in [1.807, 2.05) is 55.6 Å². The highest BCUT2D eigenvalue weighted by molar-refractivity contribution is 5.75. The van der Waals surface area contributed by atoms with Crippen molar-refractivity contribution in [1.29, 1.82) is 0 Å². The minimum Gasteiger partial charge on any atom is -0.488 e. The topological polar surface area (TPSA) is 79.8 Å². The van der Waals surface area contributed by atoms with Gasteiger partial charge in [0.25, 0.3) is 5.43 Å². The van der Waals surface area contributed by atoms with Crippen molar-refractivity contribution in [3.8, 4) is 22.8 Å². The Morgan fingerprint density at radius 1 is 0.970 bits per heavy atom. The van der Waals surface area contributed by atoms with Gasteiger partial charge in [0.2, 0.25) is 0 Å². The zero-order valence-corrected chi connectivity index (χ0v) is 18.5. The number of ether oxygens (including phenoxy) is 1. The third-order valence-corrected chi connectivity index (χ3v) is 5.57. The predicted octanol–water partition coefficient (Wildman–Crippen LogP) is 3.53. The van der Waals surface area contributed by atoms with Crippen LogP contribution in [-0.2, 0) is 20.5 Å². The number of hydrogen-bond acceptors (Lipinski definition) is 5. The van der Waals surface area contributed by atoms with Crippen molar-refractivity contribution in [2.45, 2.75) is 12.8 Å². The third kappa shape index (κ3) is 4.03. The van der Waals surface area contributed by atoms with Crippen LogP contribution >= 0.6 is 0 Å². The molecule has 5 aromatic rings. The van der Waals surface area contributed by atoms with Gasteiger partial charge >= 0.3 is 0 Å². The number of aromatic nitrogens is 6. The SMILES string of the molecule is Cn1cc(OCCCc2nc3ccccc3n2C)c(=O)c(-c2ccnn2-c2ccccc2)n1. The molecule has 0 fully saturated rings. The summed E-state index contributed by atoms with van der Waals surface area (Å²) in [5, 5.41) is 8.80. The second kappa shape index (κ2) is 8.74. The van der Waals surface area contributed by atoms with Gasteiger partial charge in [-0.05, 0) is 36.8 Å². The summed E-state index contributed by atoms with van der Waals surface area (Å²) in [6.45, 7) is 0.403. The van der Waals surface area contributed by atoms with Gasteiger partial charge in [0.05, 0.1) is 41.4 Å². The maximum Gasteiger partial charge on any atom is 0.251 e. The molecule has 0 aliphatic heterocycles. The third-order valence-electron chi connectivity index (χ3n) is 5.57. The van der Waals surface area contributed by atoms with E-state index in [0.717, 1.165) is 35.4 Å². The lowest BCUT2D eigenvalue weighted by Gasteiger charge is -2.11. The molecular formula is C25H24N6O2. The van der Waals surface area contributed by atoms with E-state index in [9.17, 15) is 4.79 Å². The largest absolute Gasteiger partial charge is 0.488 e. The molecule has 166 valence electrons. The Morgan fingerprint density at radius 2 is 1.76 bits per heavy atom. The van der Waals surface area contributed by atoms with Gasteiger partial charge in [0.15, 0.2) is 11.4 Å². The van der Waals surface area contributed by atoms with E-state index in [-0.39, 0.29) is 11.2 Å². The Balaban J connectivity index is 1.34. The minimum atomic E-state index is -0.256. The Kier molecular flexibility index (Phi) is 5.48. The van der Waals surface area contributed by atoms with Gasteiger partial charge in [-0.1, -0.05) is 30.3 Å². The van der Waals surface area contributed by atoms with Crippen molar-refractivity contribution in [1.82, 2.24) is 29.1 Å². The predicted molar refractivity (Wildman–Crippen MR) is 127 cm³/mol. The lowest BCUT2D eigenvalue weighted by Crippen LogP contribution is -2.18. The van der Waals surface area contributed by atoms with E-state index in [0.29, 0.717) is 18.0 Å². The highest BCUT2D eigenvalue weighted by Gasteiger charge is 2.17. The van der Waals surface area contributed by atoms with E-state index in [1.165, 1.54) is 0 Å². The Hall–Kier alpha value is -4.20. The number of para-hydroxylation sites is 3. The monoisotopic (exact) mass is 440 g/mol. The number of aryl methyl sites for hydroxylation is 3. The van der Waals surface area contributed by atoms with Crippen molar-refractivity contribution in [2.75, 3.05) is 6.61 Å². The molecule has 0 spiro atoms. The molecule has 0 atom stereocenters. The molecule has 0 unspecified atom stereocenters. The van der Waals surface area contributed by atoms with Crippen LogP contribution in [0, 0.1) is 0 Å². The molecule has 5 rings (SSSR count). The van der Waals surface area contributed by atoms with E-state index in [4.69, 9.17) is 9.72 Å². The smallest absolute Gasteiger partial charge is 0.251 e. The maximum atomic E-state index is 13.2. The normalized spacial score (nSPS) is 11.2. The molecule has 8 nitrogen and oxygen atoms in total. The minimum absolute atomic E-state index is 0.256. The molecule has 3 heterocycles. The first-order valence-electron chi connectivity index (χ1n) is 10.8. The molecule has 0 aliphatic rings. The first-order chi connectivity index (χ1) is 16.1. The van der Waals surface area contributed by atoms with E-state index in [2.05, 4.69) is 20.8 Å². The van der Waals surface area contributed by atoms with E-state index in [1.54, 1.807) is 34.9 Å². The van der Waals surface area contributed by atoms with Gasteiger partial charge in [-0.2, -0.15) is 10.2 Å². The van der Waals surface area contributed by atoms with Gasteiger partial charge in [-0.15, -0.1) is 0 Å². The Bertz CT molecular complexity index is 1470. The summed E-state index contributed by atoms with van der Waals surface area (Å²) in [5.74, 6) is 1.27. The fourth-order valence-electron chi connectivity index (χ4n) is 3.94. The van der Waals surface area contributed by atoms with Crippen molar-refractivity contribution < 1.29 is 4.74 Å². The van der Waals surface area contributed by atoms with Crippen LogP contribution in [0.15, 0.2) is 77.9 Å². The lowest BCUT2D eigenvalue weighted by molar-refractivity contribution is 0.303. The lowest BCUT2D eigenvalue weighted by atomic mass is 10.2. The average molecular weight is 441 g/mol. The Morgan fingerprint density at radius 3 is 2.58 bits per heavy atom. The zero-order valence-electron chi connectivity index (χ0n) is 18.5. The van der Waals surface area contributed by atoms with Gasteiger partial charge in [0.1, 0.15) is 5.82 Å². The summed E-state index contributed by atoms with van der Waals surface area (Å²) < 4.78 is 11.3. The summed E-state index contributed by atoms with van der Waals surface area (Å²) in [6, 6.07) is 19.5. The van der Waals surface area contributed by atoms with Gasteiger partial charge in [-0.3, -0.25) is 9.48 Å². The summed E-state index contributed by atoms with van der Waals surface area (Å²) >= 11 is 0. The molecule has 3 aromatic heterocycles. The van der Waals surface area contributed by atoms with Crippen LogP contribution in [-0.4, -0.2) is 35.7 Å². The second-order valence-electron chi connectivity index (χ2n) is 7.84. The molecule has 8 heteroatoms. The van der Waals surface area contributed by atoms with Gasteiger partial charge in [0, 0.05) is 20.5 Å². The molecule has 0 aliphatic carbocycles. The fraction of sp³-hybridized carbons (Fsp3) is 0.200. The molecule has 0 amide bonds. The van der Waals surface area contributed by atoms with Crippen LogP contribution in [0.1, 0.15) is 12.2 Å². The van der Waals surface area contributed by atoms with Crippen molar-refractivity contribution in [2.24, 2.45) is 14.1 Å². The molecule has 0 saturated carbocycles. The van der Waals surface area contributed by atoms with E-state index >= 15 is 0 Å². The first kappa shape index (κ1) is 20.7. The number of hydrogen-bond donors (Lipinski definition) is 0. The zero-order chi connectivity index (χ0) is 22.8. The Labute approximate surface area is 190 Å². The number of nitrogens with zero attached hydrogens (tertiary/aromatic N) is 6. The second-order valence-corrected chi connectivity index (χ2v) is 7.84. The molecule has 0 radical (unpaired) electrons. The maximum absolute atomic E-state index is 13.2. The van der Waals surface area contributed by atoms with Crippen LogP contribution in [0.2, 0.25) is 0 Å². The molecular weight excluding hydrogens is 416 g/mol. The summed E-state index contributed by atoms with van der Waals surface area (Å²) in [7, 11) is 3.80. The van der Waals surface area contributed by atoms with Crippen molar-refractivity contribution >= 4 is 11.0 Å². The highest BCUT2D eigenvalue weighted by atomic mass is 16.5. The van der Waals surface area contributed by atoms with Crippen LogP contribution in [0.5, 0.6) is 5.75 Å². The van der Waals surface area contributed by atoms with Gasteiger partial charge < -0.3 is 9.30 Å². The molecule has 2 aromatic carbocycles. The number of fused-ring (bicyclic) bond motifs is 1. The van der Waals surface area contributed by atoms with E-state index < -0.39 is 0 Å². The number of benzene rings is 2. The fourth-order valence-corrected chi connectivity index (χ4v) is 3.94.